The molecule has 0 unspecified atom stereocenters. The predicted molar refractivity (Wildman–Crippen MR) is 117 cm³/mol. The van der Waals surface area contributed by atoms with Crippen LogP contribution in [-0.4, -0.2) is 55.6 Å². The minimum Gasteiger partial charge on any atom is -0.486 e. The maximum absolute atomic E-state index is 13.1. The van der Waals surface area contributed by atoms with E-state index in [4.69, 9.17) is 9.47 Å². The molecule has 0 bridgehead atoms. The zero-order valence-corrected chi connectivity index (χ0v) is 18.2. The van der Waals surface area contributed by atoms with Gasteiger partial charge in [0.05, 0.1) is 24.3 Å². The monoisotopic (exact) mass is 480 g/mol. The third kappa shape index (κ3) is 6.85. The van der Waals surface area contributed by atoms with E-state index in [1.165, 1.54) is 17.0 Å². The second-order valence-corrected chi connectivity index (χ2v) is 7.26. The van der Waals surface area contributed by atoms with Gasteiger partial charge in [0.1, 0.15) is 13.2 Å². The first-order valence-electron chi connectivity index (χ1n) is 10.3. The molecule has 0 atom stereocenters. The number of rotatable bonds is 7. The van der Waals surface area contributed by atoms with Crippen LogP contribution in [0, 0.1) is 0 Å². The highest BCUT2D eigenvalue weighted by atomic mass is 19.4. The number of urea groups is 1. The van der Waals surface area contributed by atoms with Gasteiger partial charge in [0.15, 0.2) is 11.5 Å². The summed E-state index contributed by atoms with van der Waals surface area (Å²) in [5.41, 5.74) is -0.969. The molecule has 0 aliphatic carbocycles. The first-order chi connectivity index (χ1) is 16.2. The quantitative estimate of drug-likeness (QED) is 0.562. The average molecular weight is 480 g/mol. The van der Waals surface area contributed by atoms with Gasteiger partial charge in [-0.1, -0.05) is 19.1 Å². The first-order valence-corrected chi connectivity index (χ1v) is 10.3. The number of anilines is 2. The Morgan fingerprint density at radius 2 is 1.62 bits per heavy atom. The number of imide groups is 1. The molecule has 0 radical (unpaired) electrons. The Labute approximate surface area is 193 Å². The van der Waals surface area contributed by atoms with Crippen LogP contribution in [0.15, 0.2) is 42.5 Å². The van der Waals surface area contributed by atoms with Crippen LogP contribution >= 0.6 is 0 Å². The highest BCUT2D eigenvalue weighted by molar-refractivity contribution is 6.02. The Balaban J connectivity index is 1.50. The molecule has 0 saturated heterocycles. The van der Waals surface area contributed by atoms with Gasteiger partial charge >= 0.3 is 12.2 Å². The fraction of sp³-hybridized carbons (Fsp3) is 0.318. The predicted octanol–water partition coefficient (Wildman–Crippen LogP) is 3.09. The van der Waals surface area contributed by atoms with Crippen LogP contribution in [0.3, 0.4) is 0 Å². The lowest BCUT2D eigenvalue weighted by atomic mass is 10.1. The fourth-order valence-electron chi connectivity index (χ4n) is 3.16. The van der Waals surface area contributed by atoms with Gasteiger partial charge in [-0.25, -0.2) is 4.79 Å². The molecule has 12 heteroatoms. The number of nitrogens with zero attached hydrogens (tertiary/aromatic N) is 1. The molecule has 2 aromatic rings. The number of para-hydroxylation sites is 1. The number of amides is 4. The van der Waals surface area contributed by atoms with Gasteiger partial charge in [0, 0.05) is 11.8 Å². The van der Waals surface area contributed by atoms with Crippen molar-refractivity contribution >= 4 is 29.2 Å². The molecule has 0 saturated carbocycles. The van der Waals surface area contributed by atoms with E-state index in [2.05, 4.69) is 16.0 Å². The largest absolute Gasteiger partial charge is 0.486 e. The highest BCUT2D eigenvalue weighted by Gasteiger charge is 2.33. The van der Waals surface area contributed by atoms with Gasteiger partial charge in [-0.3, -0.25) is 19.8 Å². The number of nitrogens with one attached hydrogen (secondary N) is 3. The maximum Gasteiger partial charge on any atom is 0.418 e. The molecule has 2 aromatic carbocycles. The molecule has 0 spiro atoms. The zero-order chi connectivity index (χ0) is 24.7. The number of ether oxygens (including phenoxy) is 2. The Bertz CT molecular complexity index is 1060. The van der Waals surface area contributed by atoms with E-state index < -0.39 is 29.6 Å². The molecule has 3 rings (SSSR count). The van der Waals surface area contributed by atoms with Crippen molar-refractivity contribution in [3.8, 4) is 11.5 Å². The van der Waals surface area contributed by atoms with E-state index in [1.807, 2.05) is 0 Å². The normalized spacial score (nSPS) is 12.7. The van der Waals surface area contributed by atoms with Crippen LogP contribution in [-0.2, 0) is 15.8 Å². The smallest absolute Gasteiger partial charge is 0.418 e. The summed E-state index contributed by atoms with van der Waals surface area (Å²) in [5.74, 6) is -0.416. The van der Waals surface area contributed by atoms with Crippen molar-refractivity contribution in [1.29, 1.82) is 0 Å². The number of carbonyl (C=O) groups is 3. The van der Waals surface area contributed by atoms with Crippen LogP contribution in [0.2, 0.25) is 0 Å². The number of fused-ring (bicyclic) bond motifs is 1. The number of hydrogen-bond donors (Lipinski definition) is 3. The molecule has 0 fully saturated rings. The van der Waals surface area contributed by atoms with Crippen LogP contribution in [0.5, 0.6) is 11.5 Å². The SMILES string of the molecule is CCN(CC(=O)NC(=O)Nc1ccc2c(c1)OCCO2)CC(=O)Nc1ccccc1C(F)(F)F. The molecule has 4 amide bonds. The lowest BCUT2D eigenvalue weighted by Crippen LogP contribution is -2.44. The summed E-state index contributed by atoms with van der Waals surface area (Å²) >= 11 is 0. The molecule has 3 N–H and O–H groups in total. The lowest BCUT2D eigenvalue weighted by Gasteiger charge is -2.20. The van der Waals surface area contributed by atoms with Crippen molar-refractivity contribution < 1.29 is 37.0 Å². The van der Waals surface area contributed by atoms with Gasteiger partial charge in [0.2, 0.25) is 11.8 Å². The second-order valence-electron chi connectivity index (χ2n) is 7.26. The summed E-state index contributed by atoms with van der Waals surface area (Å²) in [6, 6.07) is 8.57. The molecular formula is C22H23F3N4O5. The summed E-state index contributed by atoms with van der Waals surface area (Å²) in [6.45, 7) is 2.04. The zero-order valence-electron chi connectivity index (χ0n) is 18.2. The summed E-state index contributed by atoms with van der Waals surface area (Å²) < 4.78 is 50.1. The maximum atomic E-state index is 13.1. The van der Waals surface area contributed by atoms with Gasteiger partial charge in [0.25, 0.3) is 0 Å². The third-order valence-electron chi connectivity index (χ3n) is 4.74. The van der Waals surface area contributed by atoms with Crippen molar-refractivity contribution in [3.05, 3.63) is 48.0 Å². The first kappa shape index (κ1) is 24.8. The topological polar surface area (TPSA) is 109 Å². The highest BCUT2D eigenvalue weighted by Crippen LogP contribution is 2.34. The van der Waals surface area contributed by atoms with Crippen molar-refractivity contribution in [2.45, 2.75) is 13.1 Å². The van der Waals surface area contributed by atoms with Gasteiger partial charge in [-0.15, -0.1) is 0 Å². The Morgan fingerprint density at radius 3 is 2.32 bits per heavy atom. The Morgan fingerprint density at radius 1 is 0.941 bits per heavy atom. The fourth-order valence-corrected chi connectivity index (χ4v) is 3.16. The molecule has 34 heavy (non-hydrogen) atoms. The number of carbonyl (C=O) groups excluding carboxylic acids is 3. The van der Waals surface area contributed by atoms with Crippen molar-refractivity contribution in [3.63, 3.8) is 0 Å². The number of likely N-dealkylation sites (N-methyl/N-ethyl adjacent to an activating group) is 1. The Hall–Kier alpha value is -3.80. The molecule has 1 heterocycles. The number of alkyl halides is 3. The third-order valence-corrected chi connectivity index (χ3v) is 4.74. The standard InChI is InChI=1S/C22H23F3N4O5/c1-2-29(12-19(30)27-16-6-4-3-5-15(16)22(23,24)25)13-20(31)28-21(32)26-14-7-8-17-18(11-14)34-10-9-33-17/h3-8,11H,2,9-10,12-13H2,1H3,(H,27,30)(H2,26,28,31,32). The summed E-state index contributed by atoms with van der Waals surface area (Å²) in [6.07, 6.45) is -4.63. The van der Waals surface area contributed by atoms with Crippen LogP contribution in [0.4, 0.5) is 29.3 Å². The van der Waals surface area contributed by atoms with Crippen molar-refractivity contribution in [2.24, 2.45) is 0 Å². The number of halogens is 3. The summed E-state index contributed by atoms with van der Waals surface area (Å²) in [7, 11) is 0. The van der Waals surface area contributed by atoms with E-state index in [1.54, 1.807) is 25.1 Å². The van der Waals surface area contributed by atoms with Gasteiger partial charge < -0.3 is 20.1 Å². The molecular weight excluding hydrogens is 457 g/mol. The lowest BCUT2D eigenvalue weighted by molar-refractivity contribution is -0.137. The number of hydrogen-bond acceptors (Lipinski definition) is 6. The summed E-state index contributed by atoms with van der Waals surface area (Å²) in [4.78, 5) is 38.0. The van der Waals surface area contributed by atoms with Crippen molar-refractivity contribution in [1.82, 2.24) is 10.2 Å². The minimum atomic E-state index is -4.63. The van der Waals surface area contributed by atoms with Crippen LogP contribution in [0.1, 0.15) is 12.5 Å². The van der Waals surface area contributed by atoms with Gasteiger partial charge in [-0.2, -0.15) is 13.2 Å². The van der Waals surface area contributed by atoms with E-state index in [0.29, 0.717) is 30.4 Å². The average Bonchev–Trinajstić information content (AvgIpc) is 2.78. The van der Waals surface area contributed by atoms with E-state index in [-0.39, 0.29) is 25.3 Å². The van der Waals surface area contributed by atoms with Crippen LogP contribution < -0.4 is 25.4 Å². The van der Waals surface area contributed by atoms with Crippen molar-refractivity contribution in [2.75, 3.05) is 43.5 Å². The van der Waals surface area contributed by atoms with E-state index >= 15 is 0 Å². The Kier molecular flexibility index (Phi) is 7.95. The van der Waals surface area contributed by atoms with Gasteiger partial charge in [-0.05, 0) is 30.8 Å². The molecule has 1 aliphatic rings. The summed E-state index contributed by atoms with van der Waals surface area (Å²) in [5, 5.41) is 6.86. The van der Waals surface area contributed by atoms with E-state index in [9.17, 15) is 27.6 Å². The molecule has 0 aromatic heterocycles. The van der Waals surface area contributed by atoms with Crippen LogP contribution in [0.25, 0.3) is 0 Å². The second kappa shape index (κ2) is 10.9. The number of benzene rings is 2. The molecule has 9 nitrogen and oxygen atoms in total. The molecule has 182 valence electrons. The minimum absolute atomic E-state index is 0.242. The van der Waals surface area contributed by atoms with E-state index in [0.717, 1.165) is 12.1 Å². The molecule has 1 aliphatic heterocycles.